The van der Waals surface area contributed by atoms with E-state index in [1.807, 2.05) is 4.68 Å². The van der Waals surface area contributed by atoms with E-state index in [1.165, 1.54) is 0 Å². The van der Waals surface area contributed by atoms with Crippen molar-refractivity contribution in [1.29, 1.82) is 0 Å². The smallest absolute Gasteiger partial charge is 0.315 e. The van der Waals surface area contributed by atoms with E-state index in [0.29, 0.717) is 24.3 Å². The van der Waals surface area contributed by atoms with Gasteiger partial charge in [0.15, 0.2) is 0 Å². The molecule has 0 aliphatic carbocycles. The highest BCUT2D eigenvalue weighted by Crippen LogP contribution is 2.19. The summed E-state index contributed by atoms with van der Waals surface area (Å²) in [5, 5.41) is 10.2. The molecule has 1 aromatic heterocycles. The summed E-state index contributed by atoms with van der Waals surface area (Å²) in [5.41, 5.74) is 0. The van der Waals surface area contributed by atoms with Crippen molar-refractivity contribution in [3.8, 4) is 0 Å². The Balaban J connectivity index is 1.78. The molecule has 0 radical (unpaired) electrons. The Hall–Kier alpha value is -1.59. The van der Waals surface area contributed by atoms with Gasteiger partial charge in [-0.2, -0.15) is 5.10 Å². The van der Waals surface area contributed by atoms with E-state index in [9.17, 15) is 4.79 Å². The minimum atomic E-state index is -0.0742. The van der Waals surface area contributed by atoms with Crippen LogP contribution in [0.4, 0.5) is 4.79 Å². The molecule has 0 bridgehead atoms. The van der Waals surface area contributed by atoms with Gasteiger partial charge in [-0.1, -0.05) is 27.7 Å². The topological polar surface area (TPSA) is 71.8 Å². The number of urea groups is 1. The Morgan fingerprint density at radius 3 is 2.76 bits per heavy atom. The lowest BCUT2D eigenvalue weighted by Gasteiger charge is -2.27. The molecule has 2 rings (SSSR count). The van der Waals surface area contributed by atoms with Gasteiger partial charge >= 0.3 is 6.03 Å². The van der Waals surface area contributed by atoms with Gasteiger partial charge in [-0.05, 0) is 24.2 Å². The maximum absolute atomic E-state index is 12.0. The van der Waals surface area contributed by atoms with Crippen LogP contribution in [0.5, 0.6) is 0 Å². The zero-order valence-electron chi connectivity index (χ0n) is 13.5. The summed E-state index contributed by atoms with van der Waals surface area (Å²) in [5.74, 6) is 2.65. The molecule has 6 heteroatoms. The van der Waals surface area contributed by atoms with Gasteiger partial charge in [-0.15, -0.1) is 0 Å². The predicted octanol–water partition coefficient (Wildman–Crippen LogP) is 1.82. The number of nitrogens with zero attached hydrogens (tertiary/aromatic N) is 3. The molecule has 2 heterocycles. The lowest BCUT2D eigenvalue weighted by atomic mass is 9.85. The molecule has 2 N–H and O–H groups in total. The molecule has 0 saturated carbocycles. The zero-order valence-corrected chi connectivity index (χ0v) is 13.5. The van der Waals surface area contributed by atoms with E-state index < -0.39 is 0 Å². The van der Waals surface area contributed by atoms with E-state index >= 15 is 0 Å². The highest BCUT2D eigenvalue weighted by Gasteiger charge is 2.22. The van der Waals surface area contributed by atoms with Gasteiger partial charge < -0.3 is 10.6 Å². The summed E-state index contributed by atoms with van der Waals surface area (Å²) in [7, 11) is 0. The van der Waals surface area contributed by atoms with Gasteiger partial charge in [0.25, 0.3) is 0 Å². The van der Waals surface area contributed by atoms with Crippen LogP contribution in [0.1, 0.15) is 39.9 Å². The average Bonchev–Trinajstić information content (AvgIpc) is 2.85. The van der Waals surface area contributed by atoms with Crippen LogP contribution >= 0.6 is 0 Å². The van der Waals surface area contributed by atoms with Gasteiger partial charge in [0.1, 0.15) is 12.2 Å². The van der Waals surface area contributed by atoms with Gasteiger partial charge in [0.05, 0.1) is 12.6 Å². The first kappa shape index (κ1) is 15.8. The summed E-state index contributed by atoms with van der Waals surface area (Å²) >= 11 is 0. The fourth-order valence-electron chi connectivity index (χ4n) is 3.04. The SMILES string of the molecule is CC(C)C(CNC(=O)N[C@@H]1CCc2ncnn2C1)C(C)C. The molecule has 0 saturated heterocycles. The maximum atomic E-state index is 12.0. The number of hydrogen-bond acceptors (Lipinski definition) is 3. The number of rotatable bonds is 5. The Morgan fingerprint density at radius 1 is 1.38 bits per heavy atom. The maximum Gasteiger partial charge on any atom is 0.315 e. The molecule has 0 aromatic carbocycles. The Labute approximate surface area is 126 Å². The molecule has 118 valence electrons. The second-order valence-electron chi connectivity index (χ2n) is 6.60. The first-order chi connectivity index (χ1) is 9.97. The lowest BCUT2D eigenvalue weighted by Crippen LogP contribution is -2.47. The van der Waals surface area contributed by atoms with Crippen LogP contribution in [0.15, 0.2) is 6.33 Å². The molecule has 0 fully saturated rings. The standard InChI is InChI=1S/C15H27N5O/c1-10(2)13(11(3)4)7-16-15(21)19-12-5-6-14-17-9-18-20(14)8-12/h9-13H,5-8H2,1-4H3,(H2,16,19,21)/t12-/m1/s1. The van der Waals surface area contributed by atoms with Crippen LogP contribution in [0, 0.1) is 17.8 Å². The summed E-state index contributed by atoms with van der Waals surface area (Å²) in [4.78, 5) is 16.2. The highest BCUT2D eigenvalue weighted by molar-refractivity contribution is 5.74. The third-order valence-corrected chi connectivity index (χ3v) is 4.35. The molecule has 1 atom stereocenters. The summed E-state index contributed by atoms with van der Waals surface area (Å²) < 4.78 is 1.87. The van der Waals surface area contributed by atoms with E-state index in [2.05, 4.69) is 48.4 Å². The molecule has 0 spiro atoms. The Bertz CT molecular complexity index is 460. The van der Waals surface area contributed by atoms with Crippen molar-refractivity contribution in [2.75, 3.05) is 6.54 Å². The van der Waals surface area contributed by atoms with Gasteiger partial charge in [-0.3, -0.25) is 0 Å². The molecule has 1 aliphatic rings. The minimum absolute atomic E-state index is 0.0742. The first-order valence-corrected chi connectivity index (χ1v) is 7.88. The number of nitrogens with one attached hydrogen (secondary N) is 2. The van der Waals surface area contributed by atoms with Crippen LogP contribution in [0.25, 0.3) is 0 Å². The van der Waals surface area contributed by atoms with Crippen molar-refractivity contribution in [3.63, 3.8) is 0 Å². The monoisotopic (exact) mass is 293 g/mol. The fraction of sp³-hybridized carbons (Fsp3) is 0.800. The zero-order chi connectivity index (χ0) is 15.4. The quantitative estimate of drug-likeness (QED) is 0.870. The van der Waals surface area contributed by atoms with E-state index in [0.717, 1.165) is 25.2 Å². The molecule has 2 amide bonds. The van der Waals surface area contributed by atoms with Gasteiger partial charge in [0, 0.05) is 13.0 Å². The van der Waals surface area contributed by atoms with Crippen LogP contribution in [-0.2, 0) is 13.0 Å². The van der Waals surface area contributed by atoms with Gasteiger partial charge in [-0.25, -0.2) is 14.5 Å². The van der Waals surface area contributed by atoms with Crippen molar-refractivity contribution in [3.05, 3.63) is 12.2 Å². The Morgan fingerprint density at radius 2 is 2.10 bits per heavy atom. The third kappa shape index (κ3) is 4.19. The van der Waals surface area contributed by atoms with Crippen molar-refractivity contribution in [1.82, 2.24) is 25.4 Å². The minimum Gasteiger partial charge on any atom is -0.338 e. The fourth-order valence-corrected chi connectivity index (χ4v) is 3.04. The molecule has 6 nitrogen and oxygen atoms in total. The predicted molar refractivity (Wildman–Crippen MR) is 81.8 cm³/mol. The van der Waals surface area contributed by atoms with Crippen molar-refractivity contribution < 1.29 is 4.79 Å². The van der Waals surface area contributed by atoms with Crippen molar-refractivity contribution in [2.45, 2.75) is 53.1 Å². The number of amides is 2. The molecular weight excluding hydrogens is 266 g/mol. The molecule has 1 aliphatic heterocycles. The van der Waals surface area contributed by atoms with Crippen molar-refractivity contribution in [2.24, 2.45) is 17.8 Å². The second-order valence-corrected chi connectivity index (χ2v) is 6.60. The number of carbonyl (C=O) groups excluding carboxylic acids is 1. The lowest BCUT2D eigenvalue weighted by molar-refractivity contribution is 0.221. The summed E-state index contributed by atoms with van der Waals surface area (Å²) in [6.07, 6.45) is 3.36. The molecule has 0 unspecified atom stereocenters. The first-order valence-electron chi connectivity index (χ1n) is 7.88. The van der Waals surface area contributed by atoms with E-state index in [1.54, 1.807) is 6.33 Å². The number of fused-ring (bicyclic) bond motifs is 1. The molecule has 21 heavy (non-hydrogen) atoms. The number of aryl methyl sites for hydroxylation is 1. The average molecular weight is 293 g/mol. The third-order valence-electron chi connectivity index (χ3n) is 4.35. The number of carbonyl (C=O) groups is 1. The highest BCUT2D eigenvalue weighted by atomic mass is 16.2. The number of aromatic nitrogens is 3. The van der Waals surface area contributed by atoms with E-state index in [-0.39, 0.29) is 12.1 Å². The van der Waals surface area contributed by atoms with E-state index in [4.69, 9.17) is 0 Å². The van der Waals surface area contributed by atoms with Crippen LogP contribution < -0.4 is 10.6 Å². The second kappa shape index (κ2) is 6.91. The molecular formula is C15H27N5O. The van der Waals surface area contributed by atoms with Crippen molar-refractivity contribution >= 4 is 6.03 Å². The normalized spacial score (nSPS) is 18.1. The summed E-state index contributed by atoms with van der Waals surface area (Å²) in [6.45, 7) is 10.3. The Kier molecular flexibility index (Phi) is 5.20. The van der Waals surface area contributed by atoms with Gasteiger partial charge in [0.2, 0.25) is 0 Å². The molecule has 1 aromatic rings. The van der Waals surface area contributed by atoms with Crippen LogP contribution in [0.3, 0.4) is 0 Å². The van der Waals surface area contributed by atoms with Crippen LogP contribution in [-0.4, -0.2) is 33.4 Å². The number of hydrogen-bond donors (Lipinski definition) is 2. The summed E-state index contributed by atoms with van der Waals surface area (Å²) in [6, 6.07) is 0.0608. The van der Waals surface area contributed by atoms with Crippen LogP contribution in [0.2, 0.25) is 0 Å². The largest absolute Gasteiger partial charge is 0.338 e.